The quantitative estimate of drug-likeness (QED) is 0.613. The smallest absolute Gasteiger partial charge is 0.251 e. The molecule has 2 rings (SSSR count). The second-order valence-electron chi connectivity index (χ2n) is 7.62. The Morgan fingerprint density at radius 1 is 1.16 bits per heavy atom. The average molecular weight is 347 g/mol. The van der Waals surface area contributed by atoms with Crippen LogP contribution in [0.3, 0.4) is 0 Å². The Hall–Kier alpha value is -1.92. The highest BCUT2D eigenvalue weighted by molar-refractivity contribution is 5.94. The molecule has 1 aromatic carbocycles. The van der Waals surface area contributed by atoms with Crippen LogP contribution in [0.4, 0.5) is 0 Å². The second-order valence-corrected chi connectivity index (χ2v) is 7.62. The number of amides is 2. The first-order valence-corrected chi connectivity index (χ1v) is 8.81. The van der Waals surface area contributed by atoms with E-state index in [9.17, 15) is 14.7 Å². The van der Waals surface area contributed by atoms with E-state index in [4.69, 9.17) is 0 Å². The number of aliphatic hydroxyl groups is 1. The number of hydrogen-bond acceptors (Lipinski definition) is 4. The number of carbonyl (C=O) groups excluding carboxylic acids is 2. The normalized spacial score (nSPS) is 20.3. The van der Waals surface area contributed by atoms with E-state index >= 15 is 0 Å². The molecule has 4 N–H and O–H groups in total. The Labute approximate surface area is 149 Å². The van der Waals surface area contributed by atoms with Crippen LogP contribution in [0, 0.1) is 5.92 Å². The van der Waals surface area contributed by atoms with Crippen LogP contribution >= 0.6 is 0 Å². The summed E-state index contributed by atoms with van der Waals surface area (Å²) in [5.74, 6) is -0.244. The Morgan fingerprint density at radius 3 is 2.40 bits per heavy atom. The van der Waals surface area contributed by atoms with Crippen molar-refractivity contribution in [3.8, 4) is 0 Å². The molecule has 1 fully saturated rings. The summed E-state index contributed by atoms with van der Waals surface area (Å²) >= 11 is 0. The first-order chi connectivity index (χ1) is 11.8. The van der Waals surface area contributed by atoms with Gasteiger partial charge in [0.2, 0.25) is 5.91 Å². The van der Waals surface area contributed by atoms with E-state index in [1.54, 1.807) is 0 Å². The van der Waals surface area contributed by atoms with Crippen LogP contribution in [0.1, 0.15) is 43.1 Å². The van der Waals surface area contributed by atoms with E-state index in [1.165, 1.54) is 5.56 Å². The molecule has 2 atom stereocenters. The molecular formula is C19H29N3O3. The van der Waals surface area contributed by atoms with E-state index in [0.717, 1.165) is 0 Å². The van der Waals surface area contributed by atoms with E-state index < -0.39 is 6.10 Å². The lowest BCUT2D eigenvalue weighted by atomic mass is 9.87. The van der Waals surface area contributed by atoms with Crippen LogP contribution in [-0.4, -0.2) is 49.2 Å². The summed E-state index contributed by atoms with van der Waals surface area (Å²) in [4.78, 5) is 23.9. The van der Waals surface area contributed by atoms with E-state index in [1.807, 2.05) is 24.3 Å². The van der Waals surface area contributed by atoms with Crippen molar-refractivity contribution in [2.24, 2.45) is 5.92 Å². The molecule has 2 unspecified atom stereocenters. The van der Waals surface area contributed by atoms with Gasteiger partial charge in [0.15, 0.2) is 0 Å². The van der Waals surface area contributed by atoms with E-state index in [0.29, 0.717) is 25.2 Å². The third-order valence-corrected chi connectivity index (χ3v) is 4.52. The number of β-amino-alcohol motifs (C(OH)–C–C–N with tert-alkyl or cyclic N) is 1. The molecular weight excluding hydrogens is 318 g/mol. The maximum absolute atomic E-state index is 12.1. The molecule has 0 aliphatic carbocycles. The van der Waals surface area contributed by atoms with Gasteiger partial charge in [0.05, 0.1) is 6.10 Å². The highest BCUT2D eigenvalue weighted by Crippen LogP contribution is 2.22. The van der Waals surface area contributed by atoms with Gasteiger partial charge >= 0.3 is 0 Å². The molecule has 138 valence electrons. The number of hydrogen-bond donors (Lipinski definition) is 4. The topological polar surface area (TPSA) is 90.5 Å². The predicted octanol–water partition coefficient (Wildman–Crippen LogP) is 0.801. The minimum Gasteiger partial charge on any atom is -0.391 e. The summed E-state index contributed by atoms with van der Waals surface area (Å²) < 4.78 is 0. The van der Waals surface area contributed by atoms with Gasteiger partial charge in [-0.3, -0.25) is 9.59 Å². The van der Waals surface area contributed by atoms with Crippen LogP contribution in [0.2, 0.25) is 0 Å². The molecule has 1 aromatic rings. The maximum atomic E-state index is 12.1. The second kappa shape index (κ2) is 8.45. The first kappa shape index (κ1) is 19.4. The van der Waals surface area contributed by atoms with Crippen molar-refractivity contribution in [1.82, 2.24) is 16.0 Å². The number of aliphatic hydroxyl groups excluding tert-OH is 1. The molecule has 6 heteroatoms. The van der Waals surface area contributed by atoms with E-state index in [2.05, 4.69) is 36.7 Å². The maximum Gasteiger partial charge on any atom is 0.251 e. The Kier molecular flexibility index (Phi) is 6.56. The lowest BCUT2D eigenvalue weighted by Gasteiger charge is -2.19. The van der Waals surface area contributed by atoms with Crippen LogP contribution in [-0.2, 0) is 10.2 Å². The molecule has 1 aliphatic rings. The van der Waals surface area contributed by atoms with Crippen molar-refractivity contribution < 1.29 is 14.7 Å². The van der Waals surface area contributed by atoms with Crippen molar-refractivity contribution in [2.75, 3.05) is 26.2 Å². The van der Waals surface area contributed by atoms with Crippen molar-refractivity contribution in [3.05, 3.63) is 35.4 Å². The fourth-order valence-corrected chi connectivity index (χ4v) is 2.77. The summed E-state index contributed by atoms with van der Waals surface area (Å²) in [6.07, 6.45) is -0.182. The third-order valence-electron chi connectivity index (χ3n) is 4.52. The molecule has 6 nitrogen and oxygen atoms in total. The standard InChI is InChI=1S/C19H29N3O3/c1-19(2,3)15-6-4-13(5-7-15)18(25)21-9-8-17(24)22-11-14-10-20-12-16(14)23/h4-7,14,16,20,23H,8-12H2,1-3H3,(H,21,25)(H,22,24). The largest absolute Gasteiger partial charge is 0.391 e. The first-order valence-electron chi connectivity index (χ1n) is 8.81. The van der Waals surface area contributed by atoms with Crippen molar-refractivity contribution in [2.45, 2.75) is 38.7 Å². The Bertz CT molecular complexity index is 593. The van der Waals surface area contributed by atoms with Crippen molar-refractivity contribution >= 4 is 11.8 Å². The lowest BCUT2D eigenvalue weighted by Crippen LogP contribution is -2.36. The highest BCUT2D eigenvalue weighted by atomic mass is 16.3. The molecule has 1 saturated heterocycles. The van der Waals surface area contributed by atoms with Crippen LogP contribution < -0.4 is 16.0 Å². The van der Waals surface area contributed by atoms with Crippen molar-refractivity contribution in [3.63, 3.8) is 0 Å². The van der Waals surface area contributed by atoms with Gasteiger partial charge in [0.1, 0.15) is 0 Å². The molecule has 1 aliphatic heterocycles. The molecule has 0 spiro atoms. The minimum atomic E-state index is -0.406. The van der Waals surface area contributed by atoms with E-state index in [-0.39, 0.29) is 36.1 Å². The molecule has 0 bridgehead atoms. The van der Waals surface area contributed by atoms with Gasteiger partial charge in [-0.1, -0.05) is 32.9 Å². The van der Waals surface area contributed by atoms with Crippen molar-refractivity contribution in [1.29, 1.82) is 0 Å². The van der Waals surface area contributed by atoms with Gasteiger partial charge in [-0.05, 0) is 23.1 Å². The average Bonchev–Trinajstić information content (AvgIpc) is 2.97. The molecule has 0 aromatic heterocycles. The van der Waals surface area contributed by atoms with Crippen LogP contribution in [0.15, 0.2) is 24.3 Å². The Morgan fingerprint density at radius 2 is 1.84 bits per heavy atom. The van der Waals surface area contributed by atoms with Gasteiger partial charge in [-0.25, -0.2) is 0 Å². The van der Waals surface area contributed by atoms with Crippen LogP contribution in [0.25, 0.3) is 0 Å². The Balaban J connectivity index is 1.70. The zero-order valence-electron chi connectivity index (χ0n) is 15.3. The van der Waals surface area contributed by atoms with Gasteiger partial charge in [0.25, 0.3) is 5.91 Å². The fourth-order valence-electron chi connectivity index (χ4n) is 2.77. The number of rotatable bonds is 6. The van der Waals surface area contributed by atoms with Gasteiger partial charge in [0, 0.05) is 44.1 Å². The number of carbonyl (C=O) groups is 2. The SMILES string of the molecule is CC(C)(C)c1ccc(C(=O)NCCC(=O)NCC2CNCC2O)cc1. The van der Waals surface area contributed by atoms with Gasteiger partial charge < -0.3 is 21.1 Å². The monoisotopic (exact) mass is 347 g/mol. The fraction of sp³-hybridized carbons (Fsp3) is 0.579. The van der Waals surface area contributed by atoms with Gasteiger partial charge in [-0.15, -0.1) is 0 Å². The minimum absolute atomic E-state index is 0.0511. The zero-order valence-corrected chi connectivity index (χ0v) is 15.3. The molecule has 1 heterocycles. The summed E-state index contributed by atoms with van der Waals surface area (Å²) in [5, 5.41) is 18.3. The molecule has 0 saturated carbocycles. The number of benzene rings is 1. The van der Waals surface area contributed by atoms with Crippen LogP contribution in [0.5, 0.6) is 0 Å². The summed E-state index contributed by atoms with van der Waals surface area (Å²) in [7, 11) is 0. The summed E-state index contributed by atoms with van der Waals surface area (Å²) in [5.41, 5.74) is 1.82. The highest BCUT2D eigenvalue weighted by Gasteiger charge is 2.24. The summed E-state index contributed by atoms with van der Waals surface area (Å²) in [6, 6.07) is 7.54. The lowest BCUT2D eigenvalue weighted by molar-refractivity contribution is -0.121. The molecule has 25 heavy (non-hydrogen) atoms. The third kappa shape index (κ3) is 5.83. The summed E-state index contributed by atoms with van der Waals surface area (Å²) in [6.45, 7) is 8.41. The molecule has 0 radical (unpaired) electrons. The zero-order chi connectivity index (χ0) is 18.4. The predicted molar refractivity (Wildman–Crippen MR) is 97.5 cm³/mol. The van der Waals surface area contributed by atoms with Gasteiger partial charge in [-0.2, -0.15) is 0 Å². The molecule has 2 amide bonds. The number of nitrogens with one attached hydrogen (secondary N) is 3.